The highest BCUT2D eigenvalue weighted by molar-refractivity contribution is 7.89. The summed E-state index contributed by atoms with van der Waals surface area (Å²) < 4.78 is 30.8. The summed E-state index contributed by atoms with van der Waals surface area (Å²) in [5, 5.41) is 14.3. The number of benzene rings is 1. The molecule has 146 valence electrons. The number of anilines is 1. The van der Waals surface area contributed by atoms with Crippen LogP contribution in [0.1, 0.15) is 24.2 Å². The molecule has 0 aromatic heterocycles. The molecule has 0 saturated heterocycles. The number of carbonyl (C=O) groups excluding carboxylic acids is 2. The van der Waals surface area contributed by atoms with Crippen LogP contribution in [0.25, 0.3) is 0 Å². The number of aliphatic hydroxyl groups is 1. The molecule has 10 heteroatoms. The van der Waals surface area contributed by atoms with E-state index in [9.17, 15) is 18.0 Å². The van der Waals surface area contributed by atoms with Crippen LogP contribution < -0.4 is 10.6 Å². The Labute approximate surface area is 153 Å². The van der Waals surface area contributed by atoms with Gasteiger partial charge in [-0.2, -0.15) is 0 Å². The fourth-order valence-corrected chi connectivity index (χ4v) is 2.93. The summed E-state index contributed by atoms with van der Waals surface area (Å²) in [6.45, 7) is 3.52. The molecule has 0 fully saturated rings. The molecule has 0 bridgehead atoms. The van der Waals surface area contributed by atoms with E-state index >= 15 is 0 Å². The molecule has 1 amide bonds. The second kappa shape index (κ2) is 9.51. The Hall–Kier alpha value is -2.17. The second-order valence-electron chi connectivity index (χ2n) is 5.59. The number of likely N-dealkylation sites (N-methyl/N-ethyl adjacent to an activating group) is 1. The first-order valence-electron chi connectivity index (χ1n) is 8.05. The van der Waals surface area contributed by atoms with Crippen molar-refractivity contribution >= 4 is 27.6 Å². The summed E-state index contributed by atoms with van der Waals surface area (Å²) in [6.07, 6.45) is -1.04. The van der Waals surface area contributed by atoms with Gasteiger partial charge < -0.3 is 20.5 Å². The van der Waals surface area contributed by atoms with Gasteiger partial charge in [0.1, 0.15) is 0 Å². The summed E-state index contributed by atoms with van der Waals surface area (Å²) in [4.78, 5) is 24.1. The van der Waals surface area contributed by atoms with Crippen LogP contribution in [0, 0.1) is 0 Å². The third-order valence-electron chi connectivity index (χ3n) is 3.42. The Morgan fingerprint density at radius 3 is 2.50 bits per heavy atom. The molecule has 9 nitrogen and oxygen atoms in total. The number of ether oxygens (including phenoxy) is 1. The number of hydrogen-bond acceptors (Lipinski definition) is 7. The third kappa shape index (κ3) is 5.41. The van der Waals surface area contributed by atoms with E-state index < -0.39 is 28.0 Å². The number of rotatable bonds is 9. The number of sulfonamides is 1. The Balaban J connectivity index is 3.22. The smallest absolute Gasteiger partial charge is 0.341 e. The van der Waals surface area contributed by atoms with Crippen molar-refractivity contribution in [3.63, 3.8) is 0 Å². The van der Waals surface area contributed by atoms with Gasteiger partial charge in [0, 0.05) is 32.9 Å². The molecule has 1 aromatic rings. The van der Waals surface area contributed by atoms with E-state index in [1.54, 1.807) is 6.92 Å². The van der Waals surface area contributed by atoms with E-state index in [4.69, 9.17) is 9.84 Å². The molecule has 0 radical (unpaired) electrons. The lowest BCUT2D eigenvalue weighted by Gasteiger charge is -2.17. The molecule has 0 unspecified atom stereocenters. The number of hydrogen-bond donors (Lipinski definition) is 3. The maximum atomic E-state index is 12.5. The Kier molecular flexibility index (Phi) is 8.00. The van der Waals surface area contributed by atoms with E-state index in [-0.39, 0.29) is 23.6 Å². The number of carbonyl (C=O) groups is 2. The molecule has 0 saturated carbocycles. The van der Waals surface area contributed by atoms with Gasteiger partial charge in [-0.3, -0.25) is 4.79 Å². The zero-order chi connectivity index (χ0) is 19.9. The van der Waals surface area contributed by atoms with Crippen molar-refractivity contribution in [2.45, 2.75) is 24.8 Å². The van der Waals surface area contributed by atoms with Gasteiger partial charge in [-0.05, 0) is 32.0 Å². The minimum absolute atomic E-state index is 0.0440. The zero-order valence-electron chi connectivity index (χ0n) is 15.3. The summed E-state index contributed by atoms with van der Waals surface area (Å²) in [5.74, 6) is -1.30. The van der Waals surface area contributed by atoms with Crippen LogP contribution in [0.2, 0.25) is 0 Å². The lowest BCUT2D eigenvalue weighted by atomic mass is 10.1. The number of esters is 1. The molecule has 0 aliphatic rings. The van der Waals surface area contributed by atoms with Crippen LogP contribution >= 0.6 is 0 Å². The third-order valence-corrected chi connectivity index (χ3v) is 5.23. The largest absolute Gasteiger partial charge is 0.449 e. The Bertz CT molecular complexity index is 748. The molecule has 3 N–H and O–H groups in total. The summed E-state index contributed by atoms with van der Waals surface area (Å²) >= 11 is 0. The number of aliphatic hydroxyl groups excluding tert-OH is 1. The predicted molar refractivity (Wildman–Crippen MR) is 96.5 cm³/mol. The van der Waals surface area contributed by atoms with Crippen molar-refractivity contribution in [1.82, 2.24) is 9.62 Å². The standard InChI is InChI=1S/C16H25N3O6S/c1-5-17-15(21)11(2)25-16(22)13-10-12(26(23,24)19(3)4)6-7-14(13)18-8-9-20/h6-7,10-11,18,20H,5,8-9H2,1-4H3,(H,17,21)/t11-/m1/s1. The van der Waals surface area contributed by atoms with Gasteiger partial charge in [0.15, 0.2) is 6.10 Å². The van der Waals surface area contributed by atoms with Crippen LogP contribution in [0.4, 0.5) is 5.69 Å². The SMILES string of the molecule is CCNC(=O)[C@@H](C)OC(=O)c1cc(S(=O)(=O)N(C)C)ccc1NCCO. The van der Waals surface area contributed by atoms with Crippen LogP contribution in [0.5, 0.6) is 0 Å². The first kappa shape index (κ1) is 21.9. The minimum Gasteiger partial charge on any atom is -0.449 e. The van der Waals surface area contributed by atoms with E-state index in [2.05, 4.69) is 10.6 Å². The van der Waals surface area contributed by atoms with Crippen molar-refractivity contribution in [3.8, 4) is 0 Å². The first-order chi connectivity index (χ1) is 12.1. The fraction of sp³-hybridized carbons (Fsp3) is 0.500. The van der Waals surface area contributed by atoms with E-state index in [0.717, 1.165) is 4.31 Å². The molecule has 1 rings (SSSR count). The molecule has 26 heavy (non-hydrogen) atoms. The molecule has 1 aromatic carbocycles. The normalized spacial score (nSPS) is 12.5. The predicted octanol–water partition coefficient (Wildman–Crippen LogP) is 0.0225. The van der Waals surface area contributed by atoms with Crippen molar-refractivity contribution in [2.75, 3.05) is 39.1 Å². The quantitative estimate of drug-likeness (QED) is 0.510. The minimum atomic E-state index is -3.75. The fourth-order valence-electron chi connectivity index (χ4n) is 2.00. The molecule has 0 heterocycles. The lowest BCUT2D eigenvalue weighted by molar-refractivity contribution is -0.128. The zero-order valence-corrected chi connectivity index (χ0v) is 16.1. The average molecular weight is 387 g/mol. The molecular formula is C16H25N3O6S. The van der Waals surface area contributed by atoms with Gasteiger partial charge in [-0.25, -0.2) is 17.5 Å². The van der Waals surface area contributed by atoms with Gasteiger partial charge >= 0.3 is 5.97 Å². The van der Waals surface area contributed by atoms with Crippen LogP contribution in [-0.2, 0) is 19.6 Å². The molecule has 0 spiro atoms. The molecular weight excluding hydrogens is 362 g/mol. The highest BCUT2D eigenvalue weighted by atomic mass is 32.2. The maximum Gasteiger partial charge on any atom is 0.341 e. The van der Waals surface area contributed by atoms with E-state index in [0.29, 0.717) is 12.2 Å². The highest BCUT2D eigenvalue weighted by Gasteiger charge is 2.24. The van der Waals surface area contributed by atoms with Gasteiger partial charge in [-0.15, -0.1) is 0 Å². The van der Waals surface area contributed by atoms with Gasteiger partial charge in [0.05, 0.1) is 17.1 Å². The Morgan fingerprint density at radius 2 is 1.96 bits per heavy atom. The van der Waals surface area contributed by atoms with Crippen molar-refractivity contribution < 1.29 is 27.9 Å². The number of nitrogens with one attached hydrogen (secondary N) is 2. The maximum absolute atomic E-state index is 12.5. The van der Waals surface area contributed by atoms with Gasteiger partial charge in [-0.1, -0.05) is 0 Å². The van der Waals surface area contributed by atoms with Gasteiger partial charge in [0.2, 0.25) is 10.0 Å². The van der Waals surface area contributed by atoms with Crippen LogP contribution in [0.3, 0.4) is 0 Å². The summed E-state index contributed by atoms with van der Waals surface area (Å²) in [7, 11) is -1.000. The monoisotopic (exact) mass is 387 g/mol. The van der Waals surface area contributed by atoms with Crippen molar-refractivity contribution in [2.24, 2.45) is 0 Å². The average Bonchev–Trinajstić information content (AvgIpc) is 2.59. The van der Waals surface area contributed by atoms with E-state index in [1.165, 1.54) is 39.2 Å². The second-order valence-corrected chi connectivity index (χ2v) is 7.74. The lowest BCUT2D eigenvalue weighted by Crippen LogP contribution is -2.35. The van der Waals surface area contributed by atoms with Crippen molar-refractivity contribution in [1.29, 1.82) is 0 Å². The summed E-state index contributed by atoms with van der Waals surface area (Å²) in [6, 6.07) is 3.94. The Morgan fingerprint density at radius 1 is 1.31 bits per heavy atom. The first-order valence-corrected chi connectivity index (χ1v) is 9.49. The molecule has 1 atom stereocenters. The number of amides is 1. The van der Waals surface area contributed by atoms with Crippen LogP contribution in [-0.4, -0.2) is 69.6 Å². The summed E-state index contributed by atoms with van der Waals surface area (Å²) in [5.41, 5.74) is 0.252. The number of nitrogens with zero attached hydrogens (tertiary/aromatic N) is 1. The van der Waals surface area contributed by atoms with Crippen molar-refractivity contribution in [3.05, 3.63) is 23.8 Å². The molecule has 0 aliphatic carbocycles. The highest BCUT2D eigenvalue weighted by Crippen LogP contribution is 2.23. The van der Waals surface area contributed by atoms with Gasteiger partial charge in [0.25, 0.3) is 5.91 Å². The molecule has 0 aliphatic heterocycles. The topological polar surface area (TPSA) is 125 Å². The van der Waals surface area contributed by atoms with E-state index in [1.807, 2.05) is 0 Å². The van der Waals surface area contributed by atoms with Crippen LogP contribution in [0.15, 0.2) is 23.1 Å².